The Morgan fingerprint density at radius 2 is 1.89 bits per heavy atom. The number of rotatable bonds is 6. The molecule has 0 radical (unpaired) electrons. The van der Waals surface area contributed by atoms with Gasteiger partial charge in [0.05, 0.1) is 27.4 Å². The molecule has 1 spiro atoms. The molecule has 1 atom stereocenters. The van der Waals surface area contributed by atoms with Gasteiger partial charge in [-0.15, -0.1) is 24.0 Å². The number of hydrogen-bond acceptors (Lipinski definition) is 5. The van der Waals surface area contributed by atoms with E-state index in [2.05, 4.69) is 10.3 Å². The molecule has 3 N–H and O–H groups in total. The molecule has 0 amide bonds. The maximum Gasteiger partial charge on any atom is 0.189 e. The van der Waals surface area contributed by atoms with Gasteiger partial charge in [-0.3, -0.25) is 0 Å². The first-order valence-corrected chi connectivity index (χ1v) is 9.70. The second-order valence-corrected chi connectivity index (χ2v) is 7.15. The lowest BCUT2D eigenvalue weighted by molar-refractivity contribution is -0.175. The van der Waals surface area contributed by atoms with Crippen LogP contribution in [0.5, 0.6) is 11.5 Å². The number of aliphatic imine (C=N–C) groups is 1. The SMILES string of the molecule is COc1ccc(CN=C(N)NCC2COC3(CCCCCC3)O2)cc1OC.I. The summed E-state index contributed by atoms with van der Waals surface area (Å²) >= 11 is 0. The number of halogens is 1. The quantitative estimate of drug-likeness (QED) is 0.351. The van der Waals surface area contributed by atoms with E-state index in [1.807, 2.05) is 18.2 Å². The maximum absolute atomic E-state index is 6.21. The van der Waals surface area contributed by atoms with Crippen molar-refractivity contribution in [3.8, 4) is 11.5 Å². The van der Waals surface area contributed by atoms with Crippen molar-refractivity contribution in [2.45, 2.75) is 57.0 Å². The summed E-state index contributed by atoms with van der Waals surface area (Å²) in [6.45, 7) is 1.67. The Morgan fingerprint density at radius 1 is 1.18 bits per heavy atom. The number of hydrogen-bond donors (Lipinski definition) is 2. The molecule has 2 aliphatic rings. The molecular formula is C20H32IN3O4. The summed E-state index contributed by atoms with van der Waals surface area (Å²) < 4.78 is 22.8. The van der Waals surface area contributed by atoms with Crippen LogP contribution in [0.3, 0.4) is 0 Å². The molecule has 3 rings (SSSR count). The third-order valence-electron chi connectivity index (χ3n) is 5.17. The molecule has 1 aliphatic heterocycles. The second kappa shape index (κ2) is 11.1. The molecule has 1 aliphatic carbocycles. The average molecular weight is 505 g/mol. The Kier molecular flexibility index (Phi) is 9.10. The van der Waals surface area contributed by atoms with Crippen LogP contribution in [0.25, 0.3) is 0 Å². The second-order valence-electron chi connectivity index (χ2n) is 7.15. The van der Waals surface area contributed by atoms with Crippen LogP contribution in [0.15, 0.2) is 23.2 Å². The molecule has 7 nitrogen and oxygen atoms in total. The number of methoxy groups -OCH3 is 2. The van der Waals surface area contributed by atoms with E-state index in [-0.39, 0.29) is 35.9 Å². The highest BCUT2D eigenvalue weighted by atomic mass is 127. The Balaban J connectivity index is 0.00000280. The molecule has 1 aromatic rings. The van der Waals surface area contributed by atoms with Gasteiger partial charge in [-0.1, -0.05) is 18.9 Å². The lowest BCUT2D eigenvalue weighted by atomic mass is 10.1. The molecule has 8 heteroatoms. The topological polar surface area (TPSA) is 87.3 Å². The Hall–Kier alpha value is -1.26. The van der Waals surface area contributed by atoms with Crippen molar-refractivity contribution in [3.05, 3.63) is 23.8 Å². The molecule has 158 valence electrons. The number of nitrogens with two attached hydrogens (primary N) is 1. The molecule has 0 bridgehead atoms. The summed E-state index contributed by atoms with van der Waals surface area (Å²) in [5.74, 6) is 1.41. The highest BCUT2D eigenvalue weighted by Crippen LogP contribution is 2.36. The van der Waals surface area contributed by atoms with Crippen molar-refractivity contribution >= 4 is 29.9 Å². The van der Waals surface area contributed by atoms with Gasteiger partial charge in [0, 0.05) is 19.4 Å². The van der Waals surface area contributed by atoms with Crippen molar-refractivity contribution in [2.24, 2.45) is 10.7 Å². The predicted molar refractivity (Wildman–Crippen MR) is 120 cm³/mol. The van der Waals surface area contributed by atoms with Gasteiger partial charge in [0.15, 0.2) is 23.2 Å². The van der Waals surface area contributed by atoms with Gasteiger partial charge in [0.1, 0.15) is 6.10 Å². The maximum atomic E-state index is 6.21. The van der Waals surface area contributed by atoms with Crippen LogP contribution in [0.4, 0.5) is 0 Å². The fraction of sp³-hybridized carbons (Fsp3) is 0.650. The monoisotopic (exact) mass is 505 g/mol. The molecule has 1 saturated carbocycles. The van der Waals surface area contributed by atoms with Gasteiger partial charge >= 0.3 is 0 Å². The van der Waals surface area contributed by atoms with E-state index in [9.17, 15) is 0 Å². The average Bonchev–Trinajstić information content (AvgIpc) is 2.95. The normalized spacial score (nSPS) is 21.6. The number of benzene rings is 1. The van der Waals surface area contributed by atoms with Crippen molar-refractivity contribution in [3.63, 3.8) is 0 Å². The number of nitrogens with one attached hydrogen (secondary N) is 1. The van der Waals surface area contributed by atoms with E-state index in [1.165, 1.54) is 25.7 Å². The van der Waals surface area contributed by atoms with Crippen LogP contribution in [-0.4, -0.2) is 45.2 Å². The summed E-state index contributed by atoms with van der Waals surface area (Å²) in [5.41, 5.74) is 7.00. The zero-order valence-electron chi connectivity index (χ0n) is 16.7. The van der Waals surface area contributed by atoms with Crippen LogP contribution in [0.1, 0.15) is 44.1 Å². The van der Waals surface area contributed by atoms with Crippen LogP contribution >= 0.6 is 24.0 Å². The van der Waals surface area contributed by atoms with E-state index in [0.29, 0.717) is 37.2 Å². The number of nitrogens with zero attached hydrogens (tertiary/aromatic N) is 1. The standard InChI is InChI=1S/C20H31N3O4.HI/c1-24-17-8-7-15(11-18(17)25-2)12-22-19(21)23-13-16-14-26-20(27-16)9-5-3-4-6-10-20;/h7-8,11,16H,3-6,9-10,12-14H2,1-2H3,(H3,21,22,23);1H. The fourth-order valence-corrected chi connectivity index (χ4v) is 3.68. The zero-order chi connectivity index (χ0) is 19.1. The van der Waals surface area contributed by atoms with E-state index in [4.69, 9.17) is 24.7 Å². The Labute approximate surface area is 184 Å². The highest BCUT2D eigenvalue weighted by Gasteiger charge is 2.41. The Morgan fingerprint density at radius 3 is 2.57 bits per heavy atom. The van der Waals surface area contributed by atoms with Crippen LogP contribution < -0.4 is 20.5 Å². The van der Waals surface area contributed by atoms with E-state index < -0.39 is 0 Å². The van der Waals surface area contributed by atoms with E-state index >= 15 is 0 Å². The summed E-state index contributed by atoms with van der Waals surface area (Å²) in [6.07, 6.45) is 6.89. The zero-order valence-corrected chi connectivity index (χ0v) is 19.1. The first kappa shape index (κ1) is 23.0. The fourth-order valence-electron chi connectivity index (χ4n) is 3.68. The van der Waals surface area contributed by atoms with Crippen molar-refractivity contribution in [2.75, 3.05) is 27.4 Å². The largest absolute Gasteiger partial charge is 0.493 e. The van der Waals surface area contributed by atoms with E-state index in [1.54, 1.807) is 14.2 Å². The van der Waals surface area contributed by atoms with Crippen molar-refractivity contribution < 1.29 is 18.9 Å². The molecule has 1 saturated heterocycles. The molecule has 2 fully saturated rings. The lowest BCUT2D eigenvalue weighted by Gasteiger charge is -2.26. The van der Waals surface area contributed by atoms with Crippen LogP contribution in [0.2, 0.25) is 0 Å². The number of ether oxygens (including phenoxy) is 4. The Bertz CT molecular complexity index is 648. The molecule has 1 unspecified atom stereocenters. The van der Waals surface area contributed by atoms with Gasteiger partial charge in [-0.05, 0) is 30.5 Å². The molecule has 0 aromatic heterocycles. The third kappa shape index (κ3) is 6.12. The van der Waals surface area contributed by atoms with Gasteiger partial charge in [0.25, 0.3) is 0 Å². The summed E-state index contributed by atoms with van der Waals surface area (Å²) in [7, 11) is 3.23. The predicted octanol–water partition coefficient (Wildman–Crippen LogP) is 3.19. The molecule has 28 heavy (non-hydrogen) atoms. The minimum atomic E-state index is -0.367. The van der Waals surface area contributed by atoms with Crippen LogP contribution in [0, 0.1) is 0 Å². The van der Waals surface area contributed by atoms with Gasteiger partial charge in [-0.2, -0.15) is 0 Å². The smallest absolute Gasteiger partial charge is 0.189 e. The lowest BCUT2D eigenvalue weighted by Crippen LogP contribution is -2.39. The van der Waals surface area contributed by atoms with Gasteiger partial charge in [0.2, 0.25) is 0 Å². The van der Waals surface area contributed by atoms with Gasteiger partial charge < -0.3 is 30.0 Å². The molecule has 1 heterocycles. The molecule has 1 aromatic carbocycles. The van der Waals surface area contributed by atoms with Crippen molar-refractivity contribution in [1.29, 1.82) is 0 Å². The molecular weight excluding hydrogens is 473 g/mol. The van der Waals surface area contributed by atoms with Gasteiger partial charge in [-0.25, -0.2) is 4.99 Å². The third-order valence-corrected chi connectivity index (χ3v) is 5.17. The summed E-state index contributed by atoms with van der Waals surface area (Å²) in [4.78, 5) is 4.40. The van der Waals surface area contributed by atoms with Crippen LogP contribution in [-0.2, 0) is 16.0 Å². The summed E-state index contributed by atoms with van der Waals surface area (Å²) in [6, 6.07) is 5.71. The van der Waals surface area contributed by atoms with E-state index in [0.717, 1.165) is 18.4 Å². The summed E-state index contributed by atoms with van der Waals surface area (Å²) in [5, 5.41) is 3.15. The first-order chi connectivity index (χ1) is 13.1. The first-order valence-electron chi connectivity index (χ1n) is 9.70. The van der Waals surface area contributed by atoms with Crippen molar-refractivity contribution in [1.82, 2.24) is 5.32 Å². The minimum absolute atomic E-state index is 0. The highest BCUT2D eigenvalue weighted by molar-refractivity contribution is 14.0. The minimum Gasteiger partial charge on any atom is -0.493 e. The number of guanidine groups is 1.